The lowest BCUT2D eigenvalue weighted by molar-refractivity contribution is -0.132. The fourth-order valence-electron chi connectivity index (χ4n) is 2.75. The first-order chi connectivity index (χ1) is 10.1. The number of benzene rings is 1. The molecule has 2 unspecified atom stereocenters. The second-order valence-corrected chi connectivity index (χ2v) is 7.89. The molecule has 1 aromatic carbocycles. The molecule has 1 saturated heterocycles. The van der Waals surface area contributed by atoms with Crippen molar-refractivity contribution in [2.75, 3.05) is 26.7 Å². The van der Waals surface area contributed by atoms with Crippen LogP contribution in [0.3, 0.4) is 0 Å². The number of likely N-dealkylation sites (tertiary alicyclic amines) is 1. The van der Waals surface area contributed by atoms with Crippen molar-refractivity contribution >= 4 is 33.6 Å². The average Bonchev–Trinajstić information content (AvgIpc) is 2.49. The summed E-state index contributed by atoms with van der Waals surface area (Å²) in [4.78, 5) is 15.8. The van der Waals surface area contributed by atoms with Crippen LogP contribution in [-0.2, 0) is 4.79 Å². The van der Waals surface area contributed by atoms with Crippen molar-refractivity contribution in [2.24, 2.45) is 5.92 Å². The van der Waals surface area contributed by atoms with E-state index in [1.54, 1.807) is 11.8 Å². The van der Waals surface area contributed by atoms with Crippen molar-refractivity contribution in [1.82, 2.24) is 10.2 Å². The van der Waals surface area contributed by atoms with Gasteiger partial charge in [0.15, 0.2) is 0 Å². The number of hydrogen-bond acceptors (Lipinski definition) is 3. The molecule has 1 heterocycles. The molecule has 1 aliphatic rings. The van der Waals surface area contributed by atoms with E-state index in [9.17, 15) is 4.79 Å². The zero-order valence-corrected chi connectivity index (χ0v) is 15.0. The zero-order chi connectivity index (χ0) is 15.2. The van der Waals surface area contributed by atoms with Crippen LogP contribution in [0.2, 0.25) is 0 Å². The van der Waals surface area contributed by atoms with Crippen molar-refractivity contribution in [2.45, 2.75) is 29.9 Å². The Morgan fingerprint density at radius 3 is 2.86 bits per heavy atom. The van der Waals surface area contributed by atoms with E-state index >= 15 is 0 Å². The largest absolute Gasteiger partial charge is 0.341 e. The van der Waals surface area contributed by atoms with E-state index in [-0.39, 0.29) is 11.2 Å². The summed E-state index contributed by atoms with van der Waals surface area (Å²) in [6.07, 6.45) is 2.34. The lowest BCUT2D eigenvalue weighted by atomic mass is 9.98. The first kappa shape index (κ1) is 16.8. The van der Waals surface area contributed by atoms with Gasteiger partial charge in [-0.05, 0) is 63.5 Å². The van der Waals surface area contributed by atoms with Crippen LogP contribution in [0.5, 0.6) is 0 Å². The minimum absolute atomic E-state index is 0.0282. The number of amides is 1. The van der Waals surface area contributed by atoms with Gasteiger partial charge < -0.3 is 10.2 Å². The van der Waals surface area contributed by atoms with Crippen LogP contribution in [0.1, 0.15) is 19.8 Å². The number of thioether (sulfide) groups is 1. The minimum atomic E-state index is -0.0282. The van der Waals surface area contributed by atoms with Gasteiger partial charge in [0.25, 0.3) is 0 Å². The Morgan fingerprint density at radius 1 is 1.48 bits per heavy atom. The molecule has 1 fully saturated rings. The monoisotopic (exact) mass is 370 g/mol. The molecular weight excluding hydrogens is 348 g/mol. The molecule has 0 aliphatic carbocycles. The highest BCUT2D eigenvalue weighted by Crippen LogP contribution is 2.27. The molecule has 0 bridgehead atoms. The van der Waals surface area contributed by atoms with Crippen LogP contribution in [0.4, 0.5) is 0 Å². The lowest BCUT2D eigenvalue weighted by Gasteiger charge is -2.34. The summed E-state index contributed by atoms with van der Waals surface area (Å²) >= 11 is 5.08. The number of halogens is 1. The van der Waals surface area contributed by atoms with Crippen LogP contribution in [0.15, 0.2) is 33.6 Å². The van der Waals surface area contributed by atoms with Gasteiger partial charge in [-0.3, -0.25) is 4.79 Å². The molecule has 1 amide bonds. The van der Waals surface area contributed by atoms with Gasteiger partial charge in [0.05, 0.1) is 5.25 Å². The van der Waals surface area contributed by atoms with Crippen molar-refractivity contribution in [1.29, 1.82) is 0 Å². The fraction of sp³-hybridized carbons (Fsp3) is 0.562. The zero-order valence-electron chi connectivity index (χ0n) is 12.6. The third-order valence-electron chi connectivity index (χ3n) is 3.80. The van der Waals surface area contributed by atoms with Gasteiger partial charge in [-0.25, -0.2) is 0 Å². The van der Waals surface area contributed by atoms with E-state index in [0.717, 1.165) is 35.4 Å². The molecule has 1 aliphatic heterocycles. The van der Waals surface area contributed by atoms with Crippen LogP contribution in [0.25, 0.3) is 0 Å². The van der Waals surface area contributed by atoms with Crippen LogP contribution in [-0.4, -0.2) is 42.7 Å². The summed E-state index contributed by atoms with van der Waals surface area (Å²) in [7, 11) is 1.98. The highest BCUT2D eigenvalue weighted by Gasteiger charge is 2.26. The first-order valence-corrected chi connectivity index (χ1v) is 9.13. The molecule has 2 atom stereocenters. The minimum Gasteiger partial charge on any atom is -0.341 e. The molecule has 2 rings (SSSR count). The highest BCUT2D eigenvalue weighted by atomic mass is 79.9. The van der Waals surface area contributed by atoms with Gasteiger partial charge in [-0.1, -0.05) is 15.9 Å². The summed E-state index contributed by atoms with van der Waals surface area (Å²) < 4.78 is 1.07. The Hall–Kier alpha value is -0.520. The molecule has 3 nitrogen and oxygen atoms in total. The summed E-state index contributed by atoms with van der Waals surface area (Å²) in [5.74, 6) is 0.862. The molecular formula is C16H23BrN2OS. The van der Waals surface area contributed by atoms with Gasteiger partial charge in [-0.2, -0.15) is 0 Å². The Balaban J connectivity index is 1.90. The van der Waals surface area contributed by atoms with Crippen molar-refractivity contribution in [3.8, 4) is 0 Å². The number of nitrogens with zero attached hydrogens (tertiary/aromatic N) is 1. The second kappa shape index (κ2) is 8.20. The Morgan fingerprint density at radius 2 is 2.19 bits per heavy atom. The number of piperidine rings is 1. The highest BCUT2D eigenvalue weighted by molar-refractivity contribution is 9.10. The number of hydrogen-bond donors (Lipinski definition) is 1. The van der Waals surface area contributed by atoms with E-state index in [0.29, 0.717) is 5.92 Å². The SMILES string of the molecule is CNCC1CCCN(C(=O)C(C)Sc2ccc(Br)cc2)C1. The van der Waals surface area contributed by atoms with E-state index < -0.39 is 0 Å². The van der Waals surface area contributed by atoms with Gasteiger partial charge in [0.1, 0.15) is 0 Å². The first-order valence-electron chi connectivity index (χ1n) is 7.45. The molecule has 21 heavy (non-hydrogen) atoms. The third kappa shape index (κ3) is 5.01. The Kier molecular flexibility index (Phi) is 6.58. The maximum atomic E-state index is 12.6. The molecule has 5 heteroatoms. The van der Waals surface area contributed by atoms with Gasteiger partial charge in [0.2, 0.25) is 5.91 Å². The number of rotatable bonds is 5. The van der Waals surface area contributed by atoms with Gasteiger partial charge in [-0.15, -0.1) is 11.8 Å². The summed E-state index contributed by atoms with van der Waals surface area (Å²) in [5.41, 5.74) is 0. The van der Waals surface area contributed by atoms with Gasteiger partial charge in [0, 0.05) is 22.5 Å². The maximum absolute atomic E-state index is 12.6. The Bertz CT molecular complexity index is 464. The predicted octanol–water partition coefficient (Wildman–Crippen LogP) is 3.39. The maximum Gasteiger partial charge on any atom is 0.235 e. The van der Waals surface area contributed by atoms with Crippen molar-refractivity contribution in [3.05, 3.63) is 28.7 Å². The molecule has 0 saturated carbocycles. The quantitative estimate of drug-likeness (QED) is 0.806. The van der Waals surface area contributed by atoms with E-state index in [1.165, 1.54) is 6.42 Å². The average molecular weight is 371 g/mol. The van der Waals surface area contributed by atoms with E-state index in [1.807, 2.05) is 31.0 Å². The van der Waals surface area contributed by atoms with Crippen LogP contribution < -0.4 is 5.32 Å². The molecule has 0 spiro atoms. The third-order valence-corrected chi connectivity index (χ3v) is 5.43. The number of nitrogens with one attached hydrogen (secondary N) is 1. The Labute approximate surface area is 140 Å². The standard InChI is InChI=1S/C16H23BrN2OS/c1-12(21-15-7-5-14(17)6-8-15)16(20)19-9-3-4-13(11-19)10-18-2/h5-8,12-13,18H,3-4,9-11H2,1-2H3. The van der Waals surface area contributed by atoms with Crippen LogP contribution >= 0.6 is 27.7 Å². The summed E-state index contributed by atoms with van der Waals surface area (Å²) in [6, 6.07) is 8.14. The normalized spacial score (nSPS) is 20.3. The van der Waals surface area contributed by atoms with Crippen LogP contribution in [0, 0.1) is 5.92 Å². The second-order valence-electron chi connectivity index (χ2n) is 5.56. The molecule has 0 aromatic heterocycles. The van der Waals surface area contributed by atoms with E-state index in [2.05, 4.69) is 33.4 Å². The molecule has 0 radical (unpaired) electrons. The van der Waals surface area contributed by atoms with E-state index in [4.69, 9.17) is 0 Å². The molecule has 1 N–H and O–H groups in total. The fourth-order valence-corrected chi connectivity index (χ4v) is 3.96. The lowest BCUT2D eigenvalue weighted by Crippen LogP contribution is -2.45. The number of carbonyl (C=O) groups is 1. The molecule has 116 valence electrons. The summed E-state index contributed by atoms with van der Waals surface area (Å²) in [6.45, 7) is 4.81. The smallest absolute Gasteiger partial charge is 0.235 e. The van der Waals surface area contributed by atoms with Crippen molar-refractivity contribution < 1.29 is 4.79 Å². The molecule has 1 aromatic rings. The topological polar surface area (TPSA) is 32.3 Å². The van der Waals surface area contributed by atoms with Gasteiger partial charge >= 0.3 is 0 Å². The number of carbonyl (C=O) groups excluding carboxylic acids is 1. The van der Waals surface area contributed by atoms with Crippen molar-refractivity contribution in [3.63, 3.8) is 0 Å². The predicted molar refractivity (Wildman–Crippen MR) is 92.7 cm³/mol. The summed E-state index contributed by atoms with van der Waals surface area (Å²) in [5, 5.41) is 3.20.